The Balaban J connectivity index is 2.00. The maximum Gasteiger partial charge on any atom is 0.138 e. The minimum absolute atomic E-state index is 0.365. The fourth-order valence-electron chi connectivity index (χ4n) is 2.39. The van der Waals surface area contributed by atoms with Crippen LogP contribution in [-0.4, -0.2) is 11.1 Å². The van der Waals surface area contributed by atoms with Crippen LogP contribution in [-0.2, 0) is 0 Å². The zero-order chi connectivity index (χ0) is 11.5. The normalized spacial score (nSPS) is 25.4. The van der Waals surface area contributed by atoms with E-state index in [0.717, 1.165) is 11.6 Å². The average molecular weight is 219 g/mol. The van der Waals surface area contributed by atoms with Gasteiger partial charge in [-0.25, -0.2) is 0 Å². The number of benzene rings is 1. The van der Waals surface area contributed by atoms with Crippen molar-refractivity contribution in [1.29, 1.82) is 0 Å². The van der Waals surface area contributed by atoms with E-state index in [2.05, 4.69) is 12.2 Å². The van der Waals surface area contributed by atoms with Gasteiger partial charge in [-0.2, -0.15) is 0 Å². The van der Waals surface area contributed by atoms with Gasteiger partial charge < -0.3 is 10.4 Å². The highest BCUT2D eigenvalue weighted by atomic mass is 16.3. The van der Waals surface area contributed by atoms with E-state index in [1.54, 1.807) is 6.07 Å². The highest BCUT2D eigenvalue weighted by Crippen LogP contribution is 2.30. The summed E-state index contributed by atoms with van der Waals surface area (Å²) in [6.07, 6.45) is 5.03. The highest BCUT2D eigenvalue weighted by molar-refractivity contribution is 5.57. The number of rotatable bonds is 2. The molecule has 1 fully saturated rings. The van der Waals surface area contributed by atoms with Gasteiger partial charge in [0, 0.05) is 6.04 Å². The van der Waals surface area contributed by atoms with E-state index in [4.69, 9.17) is 0 Å². The lowest BCUT2D eigenvalue weighted by atomic mass is 9.87. The molecule has 2 N–H and O–H groups in total. The van der Waals surface area contributed by atoms with Crippen LogP contribution in [0.3, 0.4) is 0 Å². The van der Waals surface area contributed by atoms with Crippen LogP contribution in [0.25, 0.3) is 0 Å². The Kier molecular flexibility index (Phi) is 3.37. The van der Waals surface area contributed by atoms with Gasteiger partial charge >= 0.3 is 0 Å². The molecule has 0 amide bonds. The average Bonchev–Trinajstić information content (AvgIpc) is 2.27. The molecule has 0 spiro atoms. The van der Waals surface area contributed by atoms with Crippen molar-refractivity contribution in [3.05, 3.63) is 23.8 Å². The van der Waals surface area contributed by atoms with Crippen molar-refractivity contribution in [2.45, 2.75) is 45.6 Å². The van der Waals surface area contributed by atoms with Gasteiger partial charge in [0.25, 0.3) is 0 Å². The van der Waals surface area contributed by atoms with Gasteiger partial charge in [0.05, 0.1) is 5.69 Å². The van der Waals surface area contributed by atoms with Crippen LogP contribution in [0.5, 0.6) is 5.75 Å². The van der Waals surface area contributed by atoms with Crippen LogP contribution in [0.2, 0.25) is 0 Å². The van der Waals surface area contributed by atoms with Crippen molar-refractivity contribution in [2.24, 2.45) is 5.92 Å². The first-order chi connectivity index (χ1) is 7.65. The van der Waals surface area contributed by atoms with Crippen LogP contribution in [0.4, 0.5) is 5.69 Å². The number of phenolic OH excluding ortho intramolecular Hbond substituents is 1. The quantitative estimate of drug-likeness (QED) is 0.743. The van der Waals surface area contributed by atoms with Crippen LogP contribution >= 0.6 is 0 Å². The highest BCUT2D eigenvalue weighted by Gasteiger charge is 2.18. The third-order valence-corrected chi connectivity index (χ3v) is 3.53. The number of aryl methyl sites for hydroxylation is 1. The third kappa shape index (κ3) is 2.69. The Morgan fingerprint density at radius 2 is 1.88 bits per heavy atom. The lowest BCUT2D eigenvalue weighted by Crippen LogP contribution is -2.25. The SMILES string of the molecule is Cc1ccc(O)c(NC2CCC(C)CC2)c1. The summed E-state index contributed by atoms with van der Waals surface area (Å²) in [5, 5.41) is 13.2. The molecule has 2 heteroatoms. The van der Waals surface area contributed by atoms with E-state index in [9.17, 15) is 5.11 Å². The summed E-state index contributed by atoms with van der Waals surface area (Å²) in [6, 6.07) is 6.25. The molecule has 1 saturated carbocycles. The summed E-state index contributed by atoms with van der Waals surface area (Å²) in [6.45, 7) is 4.37. The largest absolute Gasteiger partial charge is 0.506 e. The zero-order valence-corrected chi connectivity index (χ0v) is 10.2. The Morgan fingerprint density at radius 1 is 1.19 bits per heavy atom. The number of hydrogen-bond donors (Lipinski definition) is 2. The Bertz CT molecular complexity index is 354. The molecule has 0 radical (unpaired) electrons. The minimum Gasteiger partial charge on any atom is -0.506 e. The number of aromatic hydroxyl groups is 1. The van der Waals surface area contributed by atoms with Gasteiger partial charge in [-0.05, 0) is 56.2 Å². The monoisotopic (exact) mass is 219 g/mol. The predicted octanol–water partition coefficient (Wildman–Crippen LogP) is 3.69. The maximum atomic E-state index is 9.76. The molecule has 1 aliphatic rings. The van der Waals surface area contributed by atoms with Crippen LogP contribution < -0.4 is 5.32 Å². The minimum atomic E-state index is 0.365. The standard InChI is InChI=1S/C14H21NO/c1-10-3-6-12(7-4-10)15-13-9-11(2)5-8-14(13)16/h5,8-10,12,15-16H,3-4,6-7H2,1-2H3. The summed E-state index contributed by atoms with van der Waals surface area (Å²) < 4.78 is 0. The summed E-state index contributed by atoms with van der Waals surface area (Å²) in [5.41, 5.74) is 2.07. The summed E-state index contributed by atoms with van der Waals surface area (Å²) >= 11 is 0. The second-order valence-electron chi connectivity index (χ2n) is 5.12. The molecule has 0 bridgehead atoms. The number of anilines is 1. The Morgan fingerprint density at radius 3 is 2.56 bits per heavy atom. The first kappa shape index (κ1) is 11.3. The molecule has 2 nitrogen and oxygen atoms in total. The smallest absolute Gasteiger partial charge is 0.138 e. The van der Waals surface area contributed by atoms with Crippen molar-refractivity contribution in [3.8, 4) is 5.75 Å². The van der Waals surface area contributed by atoms with E-state index >= 15 is 0 Å². The van der Waals surface area contributed by atoms with Gasteiger partial charge in [-0.3, -0.25) is 0 Å². The van der Waals surface area contributed by atoms with Crippen molar-refractivity contribution in [2.75, 3.05) is 5.32 Å². The van der Waals surface area contributed by atoms with Gasteiger partial charge in [0.1, 0.15) is 5.75 Å². The third-order valence-electron chi connectivity index (χ3n) is 3.53. The second-order valence-corrected chi connectivity index (χ2v) is 5.12. The molecule has 0 heterocycles. The van der Waals surface area contributed by atoms with E-state index in [-0.39, 0.29) is 0 Å². The van der Waals surface area contributed by atoms with Crippen molar-refractivity contribution in [3.63, 3.8) is 0 Å². The van der Waals surface area contributed by atoms with E-state index in [1.165, 1.54) is 31.2 Å². The molecule has 0 atom stereocenters. The summed E-state index contributed by atoms with van der Waals surface area (Å²) in [4.78, 5) is 0. The second kappa shape index (κ2) is 4.77. The summed E-state index contributed by atoms with van der Waals surface area (Å²) in [7, 11) is 0. The molecular formula is C14H21NO. The topological polar surface area (TPSA) is 32.3 Å². The molecule has 0 saturated heterocycles. The first-order valence-corrected chi connectivity index (χ1v) is 6.21. The van der Waals surface area contributed by atoms with Crippen molar-refractivity contribution < 1.29 is 5.11 Å². The molecule has 88 valence electrons. The molecule has 16 heavy (non-hydrogen) atoms. The molecule has 0 aliphatic heterocycles. The molecular weight excluding hydrogens is 198 g/mol. The molecule has 0 aromatic heterocycles. The van der Waals surface area contributed by atoms with Gasteiger partial charge in [0.2, 0.25) is 0 Å². The molecule has 0 unspecified atom stereocenters. The number of phenols is 1. The lowest BCUT2D eigenvalue weighted by molar-refractivity contribution is 0.360. The zero-order valence-electron chi connectivity index (χ0n) is 10.2. The van der Waals surface area contributed by atoms with E-state index < -0.39 is 0 Å². The Hall–Kier alpha value is -1.18. The van der Waals surface area contributed by atoms with Crippen LogP contribution in [0.15, 0.2) is 18.2 Å². The number of nitrogens with one attached hydrogen (secondary N) is 1. The lowest BCUT2D eigenvalue weighted by Gasteiger charge is -2.28. The van der Waals surface area contributed by atoms with Gasteiger partial charge in [0.15, 0.2) is 0 Å². The van der Waals surface area contributed by atoms with Crippen molar-refractivity contribution >= 4 is 5.69 Å². The summed E-state index contributed by atoms with van der Waals surface area (Å²) in [5.74, 6) is 1.23. The fourth-order valence-corrected chi connectivity index (χ4v) is 2.39. The molecule has 1 aromatic rings. The molecule has 2 rings (SSSR count). The van der Waals surface area contributed by atoms with Gasteiger partial charge in [-0.15, -0.1) is 0 Å². The molecule has 1 aliphatic carbocycles. The predicted molar refractivity (Wildman–Crippen MR) is 67.9 cm³/mol. The van der Waals surface area contributed by atoms with E-state index in [1.807, 2.05) is 19.1 Å². The van der Waals surface area contributed by atoms with Crippen LogP contribution in [0, 0.1) is 12.8 Å². The Labute approximate surface area is 97.7 Å². The first-order valence-electron chi connectivity index (χ1n) is 6.21. The molecule has 1 aromatic carbocycles. The fraction of sp³-hybridized carbons (Fsp3) is 0.571. The van der Waals surface area contributed by atoms with E-state index in [0.29, 0.717) is 11.8 Å². The van der Waals surface area contributed by atoms with Crippen molar-refractivity contribution in [1.82, 2.24) is 0 Å². The van der Waals surface area contributed by atoms with Crippen LogP contribution in [0.1, 0.15) is 38.2 Å². The number of hydrogen-bond acceptors (Lipinski definition) is 2. The maximum absolute atomic E-state index is 9.76. The van der Waals surface area contributed by atoms with Gasteiger partial charge in [-0.1, -0.05) is 13.0 Å².